The quantitative estimate of drug-likeness (QED) is 0.731. The standard InChI is InChI=1S/C23H28ClN3OS/c24-17-6-9-23-21(14-17)27(20-4-1-2-5-22(20)29-23)11-3-10-26-18-7-8-19(26)16-25(15-18)12-13-28/h1-2,4-6,9,14,18-19,28H,3,7-8,10-13,15-16H2. The number of nitrogens with zero attached hydrogens (tertiary/aromatic N) is 3. The van der Waals surface area contributed by atoms with Crippen molar-refractivity contribution in [2.75, 3.05) is 44.2 Å². The van der Waals surface area contributed by atoms with E-state index < -0.39 is 0 Å². The van der Waals surface area contributed by atoms with E-state index in [0.29, 0.717) is 12.1 Å². The Bertz CT molecular complexity index is 865. The van der Waals surface area contributed by atoms with Gasteiger partial charge in [0, 0.05) is 59.6 Å². The monoisotopic (exact) mass is 429 g/mol. The molecule has 2 atom stereocenters. The van der Waals surface area contributed by atoms with E-state index in [1.54, 1.807) is 0 Å². The van der Waals surface area contributed by atoms with E-state index in [1.807, 2.05) is 17.8 Å². The van der Waals surface area contributed by atoms with Gasteiger partial charge in [-0.3, -0.25) is 9.80 Å². The van der Waals surface area contributed by atoms with Gasteiger partial charge in [-0.15, -0.1) is 0 Å². The van der Waals surface area contributed by atoms with Crippen LogP contribution in [0.2, 0.25) is 5.02 Å². The minimum atomic E-state index is 0.272. The molecule has 2 aromatic rings. The molecule has 2 saturated heterocycles. The number of para-hydroxylation sites is 1. The van der Waals surface area contributed by atoms with Gasteiger partial charge < -0.3 is 10.0 Å². The molecular formula is C23H28ClN3OS. The number of hydrogen-bond acceptors (Lipinski definition) is 5. The summed E-state index contributed by atoms with van der Waals surface area (Å²) in [5.74, 6) is 0. The van der Waals surface area contributed by atoms with Gasteiger partial charge in [-0.25, -0.2) is 0 Å². The second-order valence-corrected chi connectivity index (χ2v) is 9.81. The first-order chi connectivity index (χ1) is 14.2. The molecule has 0 aromatic heterocycles. The maximum atomic E-state index is 9.27. The highest BCUT2D eigenvalue weighted by atomic mass is 35.5. The van der Waals surface area contributed by atoms with Crippen molar-refractivity contribution in [3.05, 3.63) is 47.5 Å². The number of rotatable bonds is 6. The van der Waals surface area contributed by atoms with E-state index in [-0.39, 0.29) is 6.61 Å². The molecule has 5 rings (SSSR count). The molecular weight excluding hydrogens is 402 g/mol. The molecule has 0 aliphatic carbocycles. The Morgan fingerprint density at radius 3 is 2.48 bits per heavy atom. The average molecular weight is 430 g/mol. The third-order valence-corrected chi connectivity index (χ3v) is 7.88. The SMILES string of the molecule is OCCN1CC2CCC(C1)N2CCCN1c2ccccc2Sc2ccc(Cl)cc21. The lowest BCUT2D eigenvalue weighted by Crippen LogP contribution is -2.54. The summed E-state index contributed by atoms with van der Waals surface area (Å²) in [4.78, 5) is 10.2. The van der Waals surface area contributed by atoms with Crippen LogP contribution in [0.5, 0.6) is 0 Å². The number of β-amino-alcohol motifs (C(OH)–C–C–N with tert-alkyl or cyclic N) is 1. The molecule has 154 valence electrons. The highest BCUT2D eigenvalue weighted by Crippen LogP contribution is 2.48. The van der Waals surface area contributed by atoms with Gasteiger partial charge in [0.05, 0.1) is 18.0 Å². The van der Waals surface area contributed by atoms with Gasteiger partial charge >= 0.3 is 0 Å². The van der Waals surface area contributed by atoms with E-state index >= 15 is 0 Å². The van der Waals surface area contributed by atoms with Crippen molar-refractivity contribution < 1.29 is 5.11 Å². The Morgan fingerprint density at radius 1 is 0.931 bits per heavy atom. The molecule has 2 bridgehead atoms. The predicted molar refractivity (Wildman–Crippen MR) is 121 cm³/mol. The van der Waals surface area contributed by atoms with Crippen molar-refractivity contribution in [1.82, 2.24) is 9.80 Å². The van der Waals surface area contributed by atoms with Crippen molar-refractivity contribution >= 4 is 34.7 Å². The Labute approximate surface area is 182 Å². The van der Waals surface area contributed by atoms with E-state index in [0.717, 1.165) is 44.2 Å². The summed E-state index contributed by atoms with van der Waals surface area (Å²) in [6.45, 7) is 5.46. The van der Waals surface area contributed by atoms with Gasteiger partial charge in [-0.1, -0.05) is 35.5 Å². The van der Waals surface area contributed by atoms with E-state index in [1.165, 1.54) is 34.0 Å². The molecule has 1 N–H and O–H groups in total. The first-order valence-corrected chi connectivity index (χ1v) is 11.9. The number of aliphatic hydroxyl groups excluding tert-OH is 1. The lowest BCUT2D eigenvalue weighted by molar-refractivity contribution is 0.0563. The Morgan fingerprint density at radius 2 is 1.69 bits per heavy atom. The van der Waals surface area contributed by atoms with Crippen LogP contribution in [-0.4, -0.2) is 66.3 Å². The zero-order valence-corrected chi connectivity index (χ0v) is 18.2. The molecule has 3 heterocycles. The third-order valence-electron chi connectivity index (χ3n) is 6.51. The Hall–Kier alpha value is -1.24. The van der Waals surface area contributed by atoms with Crippen LogP contribution in [0.1, 0.15) is 19.3 Å². The number of benzene rings is 2. The molecule has 2 aromatic carbocycles. The largest absolute Gasteiger partial charge is 0.395 e. The lowest BCUT2D eigenvalue weighted by atomic mass is 10.1. The van der Waals surface area contributed by atoms with Crippen LogP contribution >= 0.6 is 23.4 Å². The number of anilines is 2. The molecule has 4 nitrogen and oxygen atoms in total. The van der Waals surface area contributed by atoms with Crippen molar-refractivity contribution in [2.24, 2.45) is 0 Å². The van der Waals surface area contributed by atoms with Gasteiger partial charge in [-0.2, -0.15) is 0 Å². The molecule has 0 amide bonds. The highest BCUT2D eigenvalue weighted by Gasteiger charge is 2.39. The summed E-state index contributed by atoms with van der Waals surface area (Å²) in [7, 11) is 0. The molecule has 0 spiro atoms. The summed E-state index contributed by atoms with van der Waals surface area (Å²) >= 11 is 8.18. The molecule has 3 aliphatic rings. The number of aliphatic hydroxyl groups is 1. The van der Waals surface area contributed by atoms with Crippen LogP contribution in [0.25, 0.3) is 0 Å². The zero-order chi connectivity index (χ0) is 19.8. The Kier molecular flexibility index (Phi) is 5.76. The second-order valence-electron chi connectivity index (χ2n) is 8.29. The summed E-state index contributed by atoms with van der Waals surface area (Å²) in [5, 5.41) is 10.1. The number of likely N-dealkylation sites (tertiary alicyclic amines) is 1. The fourth-order valence-corrected chi connectivity index (χ4v) is 6.46. The average Bonchev–Trinajstić information content (AvgIpc) is 2.96. The third kappa shape index (κ3) is 3.91. The molecule has 0 radical (unpaired) electrons. The van der Waals surface area contributed by atoms with Crippen LogP contribution in [0.15, 0.2) is 52.3 Å². The fraction of sp³-hybridized carbons (Fsp3) is 0.478. The van der Waals surface area contributed by atoms with E-state index in [2.05, 4.69) is 51.1 Å². The highest BCUT2D eigenvalue weighted by molar-refractivity contribution is 7.99. The normalized spacial score (nSPS) is 23.9. The van der Waals surface area contributed by atoms with Gasteiger partial charge in [0.15, 0.2) is 0 Å². The number of hydrogen-bond donors (Lipinski definition) is 1. The van der Waals surface area contributed by atoms with Gasteiger partial charge in [0.25, 0.3) is 0 Å². The first kappa shape index (κ1) is 19.7. The minimum Gasteiger partial charge on any atom is -0.395 e. The molecule has 2 fully saturated rings. The summed E-state index contributed by atoms with van der Waals surface area (Å²) in [5.41, 5.74) is 2.53. The number of fused-ring (bicyclic) bond motifs is 4. The fourth-order valence-electron chi connectivity index (χ4n) is 5.22. The van der Waals surface area contributed by atoms with Crippen LogP contribution in [-0.2, 0) is 0 Å². The summed E-state index contributed by atoms with van der Waals surface area (Å²) in [6, 6.07) is 16.2. The van der Waals surface area contributed by atoms with Crippen LogP contribution < -0.4 is 4.90 Å². The first-order valence-electron chi connectivity index (χ1n) is 10.7. The predicted octanol–water partition coefficient (Wildman–Crippen LogP) is 4.47. The molecule has 29 heavy (non-hydrogen) atoms. The molecule has 2 unspecified atom stereocenters. The second kappa shape index (κ2) is 8.48. The zero-order valence-electron chi connectivity index (χ0n) is 16.6. The van der Waals surface area contributed by atoms with E-state index in [4.69, 9.17) is 11.6 Å². The van der Waals surface area contributed by atoms with Crippen LogP contribution in [0.4, 0.5) is 11.4 Å². The maximum Gasteiger partial charge on any atom is 0.0567 e. The molecule has 6 heteroatoms. The lowest BCUT2D eigenvalue weighted by Gasteiger charge is -2.41. The smallest absolute Gasteiger partial charge is 0.0567 e. The topological polar surface area (TPSA) is 30.0 Å². The van der Waals surface area contributed by atoms with Crippen molar-refractivity contribution in [3.63, 3.8) is 0 Å². The van der Waals surface area contributed by atoms with Crippen LogP contribution in [0.3, 0.4) is 0 Å². The molecule has 3 aliphatic heterocycles. The maximum absolute atomic E-state index is 9.27. The summed E-state index contributed by atoms with van der Waals surface area (Å²) < 4.78 is 0. The number of halogens is 1. The number of piperazine rings is 1. The van der Waals surface area contributed by atoms with Crippen molar-refractivity contribution in [2.45, 2.75) is 41.1 Å². The van der Waals surface area contributed by atoms with Crippen LogP contribution in [0, 0.1) is 0 Å². The molecule has 0 saturated carbocycles. The van der Waals surface area contributed by atoms with Gasteiger partial charge in [0.1, 0.15) is 0 Å². The van der Waals surface area contributed by atoms with Crippen molar-refractivity contribution in [1.29, 1.82) is 0 Å². The van der Waals surface area contributed by atoms with Gasteiger partial charge in [-0.05, 0) is 49.6 Å². The van der Waals surface area contributed by atoms with E-state index in [9.17, 15) is 5.11 Å². The Balaban J connectivity index is 1.29. The summed E-state index contributed by atoms with van der Waals surface area (Å²) in [6.07, 6.45) is 3.74. The van der Waals surface area contributed by atoms with Crippen molar-refractivity contribution in [3.8, 4) is 0 Å². The van der Waals surface area contributed by atoms with Gasteiger partial charge in [0.2, 0.25) is 0 Å². The minimum absolute atomic E-state index is 0.272.